The molecular weight excluding hydrogens is 189 g/mol. The molecule has 1 rings (SSSR count). The number of likely N-dealkylation sites (tertiary alicyclic amines) is 1. The SMILES string of the molecule is CC.CCC1CCN(CCCCF)CC1. The van der Waals surface area contributed by atoms with E-state index < -0.39 is 0 Å². The van der Waals surface area contributed by atoms with Crippen molar-refractivity contribution in [3.63, 3.8) is 0 Å². The van der Waals surface area contributed by atoms with Gasteiger partial charge in [-0.05, 0) is 51.2 Å². The van der Waals surface area contributed by atoms with Gasteiger partial charge in [0.1, 0.15) is 0 Å². The van der Waals surface area contributed by atoms with Crippen molar-refractivity contribution in [3.8, 4) is 0 Å². The molecule has 0 unspecified atom stereocenters. The maximum atomic E-state index is 11.8. The topological polar surface area (TPSA) is 3.24 Å². The minimum absolute atomic E-state index is 0.147. The molecule has 1 aliphatic heterocycles. The Kier molecular flexibility index (Phi) is 10.3. The zero-order valence-electron chi connectivity index (χ0n) is 10.8. The van der Waals surface area contributed by atoms with Crippen LogP contribution in [-0.2, 0) is 0 Å². The van der Waals surface area contributed by atoms with E-state index in [0.717, 1.165) is 25.3 Å². The molecule has 1 fully saturated rings. The van der Waals surface area contributed by atoms with Crippen molar-refractivity contribution >= 4 is 0 Å². The van der Waals surface area contributed by atoms with Gasteiger partial charge in [-0.1, -0.05) is 27.2 Å². The Labute approximate surface area is 95.0 Å². The van der Waals surface area contributed by atoms with E-state index in [2.05, 4.69) is 11.8 Å². The number of nitrogens with zero attached hydrogens (tertiary/aromatic N) is 1. The Morgan fingerprint density at radius 3 is 2.20 bits per heavy atom. The lowest BCUT2D eigenvalue weighted by Gasteiger charge is -2.31. The highest BCUT2D eigenvalue weighted by molar-refractivity contribution is 4.70. The van der Waals surface area contributed by atoms with Crippen LogP contribution in [0.15, 0.2) is 0 Å². The van der Waals surface area contributed by atoms with E-state index in [1.54, 1.807) is 0 Å². The third kappa shape index (κ3) is 6.88. The second kappa shape index (κ2) is 10.4. The Hall–Kier alpha value is -0.110. The normalized spacial score (nSPS) is 18.4. The van der Waals surface area contributed by atoms with Gasteiger partial charge in [-0.2, -0.15) is 0 Å². The zero-order valence-corrected chi connectivity index (χ0v) is 10.8. The summed E-state index contributed by atoms with van der Waals surface area (Å²) in [6, 6.07) is 0. The molecule has 0 aliphatic carbocycles. The molecule has 0 spiro atoms. The molecule has 0 radical (unpaired) electrons. The van der Waals surface area contributed by atoms with E-state index in [1.807, 2.05) is 13.8 Å². The standard InChI is InChI=1S/C11H22FN.C2H6/c1-2-11-5-9-13(10-6-11)8-4-3-7-12;1-2/h11H,2-10H2,1H3;1-2H3. The molecule has 0 atom stereocenters. The fourth-order valence-corrected chi connectivity index (χ4v) is 2.05. The van der Waals surface area contributed by atoms with Crippen molar-refractivity contribution in [1.82, 2.24) is 4.90 Å². The fraction of sp³-hybridized carbons (Fsp3) is 1.00. The third-order valence-electron chi connectivity index (χ3n) is 3.14. The lowest BCUT2D eigenvalue weighted by atomic mass is 9.94. The molecular formula is C13H28FN. The zero-order chi connectivity index (χ0) is 11.5. The largest absolute Gasteiger partial charge is 0.303 e. The summed E-state index contributed by atoms with van der Waals surface area (Å²) < 4.78 is 11.8. The van der Waals surface area contributed by atoms with Crippen LogP contribution in [0.5, 0.6) is 0 Å². The lowest BCUT2D eigenvalue weighted by molar-refractivity contribution is 0.178. The Bertz CT molecular complexity index is 117. The number of unbranched alkanes of at least 4 members (excludes halogenated alkanes) is 1. The molecule has 0 N–H and O–H groups in total. The molecule has 1 heterocycles. The summed E-state index contributed by atoms with van der Waals surface area (Å²) in [6.45, 7) is 9.73. The summed E-state index contributed by atoms with van der Waals surface area (Å²) in [5, 5.41) is 0. The maximum Gasteiger partial charge on any atom is 0.0894 e. The van der Waals surface area contributed by atoms with Crippen LogP contribution in [-0.4, -0.2) is 31.2 Å². The summed E-state index contributed by atoms with van der Waals surface area (Å²) in [4.78, 5) is 2.49. The van der Waals surface area contributed by atoms with Crippen molar-refractivity contribution < 1.29 is 4.39 Å². The summed E-state index contributed by atoms with van der Waals surface area (Å²) in [6.07, 6.45) is 5.82. The first-order valence-corrected chi connectivity index (χ1v) is 6.65. The highest BCUT2D eigenvalue weighted by atomic mass is 19.1. The highest BCUT2D eigenvalue weighted by Crippen LogP contribution is 2.19. The maximum absolute atomic E-state index is 11.8. The van der Waals surface area contributed by atoms with Crippen LogP contribution in [0.1, 0.15) is 52.9 Å². The van der Waals surface area contributed by atoms with E-state index in [-0.39, 0.29) is 6.67 Å². The molecule has 0 bridgehead atoms. The van der Waals surface area contributed by atoms with Crippen LogP contribution in [0.2, 0.25) is 0 Å². The number of hydrogen-bond acceptors (Lipinski definition) is 1. The average molecular weight is 217 g/mol. The Morgan fingerprint density at radius 1 is 1.13 bits per heavy atom. The van der Waals surface area contributed by atoms with Gasteiger partial charge in [-0.15, -0.1) is 0 Å². The smallest absolute Gasteiger partial charge is 0.0894 e. The van der Waals surface area contributed by atoms with Gasteiger partial charge >= 0.3 is 0 Å². The van der Waals surface area contributed by atoms with Gasteiger partial charge in [0, 0.05) is 0 Å². The van der Waals surface area contributed by atoms with Gasteiger partial charge in [-0.25, -0.2) is 0 Å². The molecule has 15 heavy (non-hydrogen) atoms. The molecule has 92 valence electrons. The fourth-order valence-electron chi connectivity index (χ4n) is 2.05. The minimum atomic E-state index is -0.147. The summed E-state index contributed by atoms with van der Waals surface area (Å²) >= 11 is 0. The van der Waals surface area contributed by atoms with Crippen molar-refractivity contribution in [1.29, 1.82) is 0 Å². The van der Waals surface area contributed by atoms with Gasteiger partial charge in [0.05, 0.1) is 6.67 Å². The quantitative estimate of drug-likeness (QED) is 0.632. The van der Waals surface area contributed by atoms with Crippen molar-refractivity contribution in [2.45, 2.75) is 52.9 Å². The third-order valence-corrected chi connectivity index (χ3v) is 3.14. The molecule has 0 aromatic heterocycles. The number of alkyl halides is 1. The van der Waals surface area contributed by atoms with Crippen LogP contribution in [0.4, 0.5) is 4.39 Å². The van der Waals surface area contributed by atoms with Gasteiger partial charge in [0.25, 0.3) is 0 Å². The summed E-state index contributed by atoms with van der Waals surface area (Å²) in [5.41, 5.74) is 0. The van der Waals surface area contributed by atoms with Crippen molar-refractivity contribution in [2.24, 2.45) is 5.92 Å². The first-order valence-electron chi connectivity index (χ1n) is 6.65. The van der Waals surface area contributed by atoms with Crippen LogP contribution in [0.25, 0.3) is 0 Å². The predicted octanol–water partition coefficient (Wildman–Crippen LogP) is 3.88. The van der Waals surface area contributed by atoms with Gasteiger partial charge in [0.2, 0.25) is 0 Å². The first kappa shape index (κ1) is 14.9. The molecule has 2 heteroatoms. The predicted molar refractivity (Wildman–Crippen MR) is 66.0 cm³/mol. The Morgan fingerprint density at radius 2 is 1.73 bits per heavy atom. The highest BCUT2D eigenvalue weighted by Gasteiger charge is 2.16. The van der Waals surface area contributed by atoms with E-state index >= 15 is 0 Å². The molecule has 1 saturated heterocycles. The van der Waals surface area contributed by atoms with Crippen LogP contribution in [0, 0.1) is 5.92 Å². The second-order valence-electron chi connectivity index (χ2n) is 4.09. The molecule has 0 aromatic rings. The molecule has 1 nitrogen and oxygen atoms in total. The number of rotatable bonds is 5. The van der Waals surface area contributed by atoms with Crippen LogP contribution < -0.4 is 0 Å². The van der Waals surface area contributed by atoms with E-state index in [4.69, 9.17) is 0 Å². The molecule has 0 aromatic carbocycles. The van der Waals surface area contributed by atoms with Crippen molar-refractivity contribution in [2.75, 3.05) is 26.3 Å². The van der Waals surface area contributed by atoms with Gasteiger partial charge < -0.3 is 4.90 Å². The molecule has 1 aliphatic rings. The summed E-state index contributed by atoms with van der Waals surface area (Å²) in [5.74, 6) is 0.956. The number of halogens is 1. The monoisotopic (exact) mass is 217 g/mol. The van der Waals surface area contributed by atoms with Crippen molar-refractivity contribution in [3.05, 3.63) is 0 Å². The average Bonchev–Trinajstić information content (AvgIpc) is 2.33. The molecule has 0 amide bonds. The van der Waals surface area contributed by atoms with Gasteiger partial charge in [-0.3, -0.25) is 4.39 Å². The number of piperidine rings is 1. The molecule has 0 saturated carbocycles. The summed E-state index contributed by atoms with van der Waals surface area (Å²) in [7, 11) is 0. The van der Waals surface area contributed by atoms with Crippen LogP contribution in [0.3, 0.4) is 0 Å². The number of hydrogen-bond donors (Lipinski definition) is 0. The van der Waals surface area contributed by atoms with Crippen LogP contribution >= 0.6 is 0 Å². The van der Waals surface area contributed by atoms with E-state index in [0.29, 0.717) is 0 Å². The minimum Gasteiger partial charge on any atom is -0.303 e. The second-order valence-corrected chi connectivity index (χ2v) is 4.09. The lowest BCUT2D eigenvalue weighted by Crippen LogP contribution is -2.34. The van der Waals surface area contributed by atoms with E-state index in [1.165, 1.54) is 32.4 Å². The Balaban J connectivity index is 0.000000921. The first-order chi connectivity index (χ1) is 7.36. The van der Waals surface area contributed by atoms with Gasteiger partial charge in [0.15, 0.2) is 0 Å². The van der Waals surface area contributed by atoms with E-state index in [9.17, 15) is 4.39 Å².